The number of carbonyl (C=O) groups is 1. The van der Waals surface area contributed by atoms with E-state index < -0.39 is 22.5 Å². The number of para-hydroxylation sites is 2. The number of amides is 1. The maximum Gasteiger partial charge on any atom is 0.240 e. The molecule has 1 amide bonds. The van der Waals surface area contributed by atoms with Gasteiger partial charge in [-0.3, -0.25) is 9.10 Å². The maximum atomic E-state index is 12.3. The highest BCUT2D eigenvalue weighted by Crippen LogP contribution is 2.31. The zero-order chi connectivity index (χ0) is 20.3. The van der Waals surface area contributed by atoms with Gasteiger partial charge in [-0.2, -0.15) is 0 Å². The van der Waals surface area contributed by atoms with Crippen LogP contribution in [0.2, 0.25) is 10.0 Å². The number of benzene rings is 2. The van der Waals surface area contributed by atoms with Crippen molar-refractivity contribution in [2.75, 3.05) is 30.3 Å². The first-order valence-corrected chi connectivity index (χ1v) is 10.9. The highest BCUT2D eigenvalue weighted by molar-refractivity contribution is 7.92. The Hall–Kier alpha value is -2.16. The van der Waals surface area contributed by atoms with E-state index in [1.807, 2.05) is 12.1 Å². The molecule has 7 nitrogen and oxygen atoms in total. The van der Waals surface area contributed by atoms with E-state index in [2.05, 4.69) is 5.32 Å². The maximum absolute atomic E-state index is 12.3. The van der Waals surface area contributed by atoms with Gasteiger partial charge in [-0.05, 0) is 30.3 Å². The van der Waals surface area contributed by atoms with Gasteiger partial charge in [-0.25, -0.2) is 8.42 Å². The monoisotopic (exact) mass is 444 g/mol. The lowest BCUT2D eigenvalue weighted by molar-refractivity contribution is -0.120. The minimum Gasteiger partial charge on any atom is -0.486 e. The number of fused-ring (bicyclic) bond motifs is 1. The van der Waals surface area contributed by atoms with E-state index in [0.29, 0.717) is 11.5 Å². The zero-order valence-electron chi connectivity index (χ0n) is 14.9. The normalized spacial score (nSPS) is 15.8. The lowest BCUT2D eigenvalue weighted by Crippen LogP contribution is -2.45. The Morgan fingerprint density at radius 2 is 1.89 bits per heavy atom. The predicted octanol–water partition coefficient (Wildman–Crippen LogP) is 2.72. The third kappa shape index (κ3) is 5.01. The molecular weight excluding hydrogens is 427 g/mol. The molecule has 1 heterocycles. The quantitative estimate of drug-likeness (QED) is 0.739. The number of halogens is 2. The second kappa shape index (κ2) is 8.46. The van der Waals surface area contributed by atoms with Gasteiger partial charge in [0.25, 0.3) is 0 Å². The van der Waals surface area contributed by atoms with Crippen molar-refractivity contribution in [3.05, 3.63) is 52.5 Å². The molecule has 1 aliphatic heterocycles. The fraction of sp³-hybridized carbons (Fsp3) is 0.278. The van der Waals surface area contributed by atoms with Crippen LogP contribution in [-0.4, -0.2) is 46.4 Å². The van der Waals surface area contributed by atoms with Crippen molar-refractivity contribution in [1.82, 2.24) is 5.32 Å². The van der Waals surface area contributed by atoms with E-state index in [1.54, 1.807) is 12.1 Å². The van der Waals surface area contributed by atoms with Gasteiger partial charge in [0.05, 0.1) is 28.5 Å². The smallest absolute Gasteiger partial charge is 0.240 e. The summed E-state index contributed by atoms with van der Waals surface area (Å²) in [6, 6.07) is 11.6. The fourth-order valence-electron chi connectivity index (χ4n) is 2.62. The van der Waals surface area contributed by atoms with Gasteiger partial charge in [-0.1, -0.05) is 35.3 Å². The van der Waals surface area contributed by atoms with E-state index in [9.17, 15) is 13.2 Å². The molecule has 1 atom stereocenters. The van der Waals surface area contributed by atoms with Crippen LogP contribution >= 0.6 is 23.2 Å². The van der Waals surface area contributed by atoms with Crippen LogP contribution < -0.4 is 19.1 Å². The van der Waals surface area contributed by atoms with Crippen LogP contribution in [0, 0.1) is 0 Å². The van der Waals surface area contributed by atoms with Crippen LogP contribution in [0.25, 0.3) is 0 Å². The first kappa shape index (κ1) is 20.6. The highest BCUT2D eigenvalue weighted by atomic mass is 35.5. The van der Waals surface area contributed by atoms with Crippen molar-refractivity contribution in [1.29, 1.82) is 0 Å². The summed E-state index contributed by atoms with van der Waals surface area (Å²) >= 11 is 11.8. The van der Waals surface area contributed by atoms with Crippen LogP contribution in [0.15, 0.2) is 42.5 Å². The topological polar surface area (TPSA) is 84.9 Å². The largest absolute Gasteiger partial charge is 0.486 e. The molecule has 0 spiro atoms. The van der Waals surface area contributed by atoms with Crippen LogP contribution in [0.3, 0.4) is 0 Å². The molecule has 0 bridgehead atoms. The number of nitrogens with zero attached hydrogens (tertiary/aromatic N) is 1. The van der Waals surface area contributed by atoms with Gasteiger partial charge >= 0.3 is 0 Å². The van der Waals surface area contributed by atoms with Gasteiger partial charge in [0.2, 0.25) is 15.9 Å². The van der Waals surface area contributed by atoms with Gasteiger partial charge in [0, 0.05) is 0 Å². The molecule has 10 heteroatoms. The van der Waals surface area contributed by atoms with Crippen molar-refractivity contribution in [3.63, 3.8) is 0 Å². The van der Waals surface area contributed by atoms with E-state index >= 15 is 0 Å². The SMILES string of the molecule is CS(=O)(=O)N(CC(=O)NC[C@H]1COc2ccccc2O1)c1ccc(Cl)c(Cl)c1. The summed E-state index contributed by atoms with van der Waals surface area (Å²) in [6.45, 7) is 0.0486. The number of sulfonamides is 1. The Balaban J connectivity index is 1.62. The highest BCUT2D eigenvalue weighted by Gasteiger charge is 2.24. The van der Waals surface area contributed by atoms with Crippen molar-refractivity contribution in [2.45, 2.75) is 6.10 Å². The van der Waals surface area contributed by atoms with Crippen LogP contribution in [0.5, 0.6) is 11.5 Å². The molecule has 0 aromatic heterocycles. The molecule has 150 valence electrons. The molecular formula is C18H18Cl2N2O5S. The minimum atomic E-state index is -3.71. The first-order chi connectivity index (χ1) is 13.2. The average molecular weight is 445 g/mol. The summed E-state index contributed by atoms with van der Waals surface area (Å²) in [4.78, 5) is 12.3. The first-order valence-electron chi connectivity index (χ1n) is 8.32. The molecule has 2 aromatic carbocycles. The van der Waals surface area contributed by atoms with E-state index in [0.717, 1.165) is 10.6 Å². The molecule has 28 heavy (non-hydrogen) atoms. The van der Waals surface area contributed by atoms with E-state index in [1.165, 1.54) is 18.2 Å². The van der Waals surface area contributed by atoms with Gasteiger partial charge in [0.1, 0.15) is 19.3 Å². The van der Waals surface area contributed by atoms with E-state index in [4.69, 9.17) is 32.7 Å². The molecule has 0 saturated heterocycles. The number of hydrogen-bond acceptors (Lipinski definition) is 5. The average Bonchev–Trinajstić information content (AvgIpc) is 2.65. The second-order valence-electron chi connectivity index (χ2n) is 6.17. The van der Waals surface area contributed by atoms with Crippen molar-refractivity contribution in [3.8, 4) is 11.5 Å². The van der Waals surface area contributed by atoms with Crippen LogP contribution in [0.1, 0.15) is 0 Å². The Kier molecular flexibility index (Phi) is 6.22. The Bertz CT molecular complexity index is 984. The number of nitrogens with one attached hydrogen (secondary N) is 1. The van der Waals surface area contributed by atoms with E-state index in [-0.39, 0.29) is 35.0 Å². The standard InChI is InChI=1S/C18H18Cl2N2O5S/c1-28(24,25)22(12-6-7-14(19)15(20)8-12)10-18(23)21-9-13-11-26-16-4-2-3-5-17(16)27-13/h2-8,13H,9-11H2,1H3,(H,21,23)/t13-/m0/s1. The molecule has 0 unspecified atom stereocenters. The molecule has 0 fully saturated rings. The molecule has 0 saturated carbocycles. The lowest BCUT2D eigenvalue weighted by atomic mass is 10.2. The predicted molar refractivity (Wildman–Crippen MR) is 108 cm³/mol. The number of ether oxygens (including phenoxy) is 2. The molecule has 1 N–H and O–H groups in total. The fourth-order valence-corrected chi connectivity index (χ4v) is 3.76. The molecule has 2 aromatic rings. The summed E-state index contributed by atoms with van der Waals surface area (Å²) in [7, 11) is -3.71. The second-order valence-corrected chi connectivity index (χ2v) is 8.89. The number of rotatable bonds is 6. The summed E-state index contributed by atoms with van der Waals surface area (Å²) in [5.74, 6) is 0.758. The third-order valence-electron chi connectivity index (χ3n) is 3.97. The van der Waals surface area contributed by atoms with Gasteiger partial charge in [0.15, 0.2) is 11.5 Å². The summed E-state index contributed by atoms with van der Waals surface area (Å²) in [5.41, 5.74) is 0.248. The van der Waals surface area contributed by atoms with Crippen molar-refractivity contribution in [2.24, 2.45) is 0 Å². The van der Waals surface area contributed by atoms with Gasteiger partial charge in [-0.15, -0.1) is 0 Å². The molecule has 1 aliphatic rings. The zero-order valence-corrected chi connectivity index (χ0v) is 17.2. The number of hydrogen-bond donors (Lipinski definition) is 1. The van der Waals surface area contributed by atoms with Crippen LogP contribution in [0.4, 0.5) is 5.69 Å². The van der Waals surface area contributed by atoms with Gasteiger partial charge < -0.3 is 14.8 Å². The Morgan fingerprint density at radius 1 is 1.18 bits per heavy atom. The lowest BCUT2D eigenvalue weighted by Gasteiger charge is -2.27. The van der Waals surface area contributed by atoms with Crippen LogP contribution in [-0.2, 0) is 14.8 Å². The Morgan fingerprint density at radius 3 is 2.57 bits per heavy atom. The summed E-state index contributed by atoms with van der Waals surface area (Å²) in [5, 5.41) is 3.16. The summed E-state index contributed by atoms with van der Waals surface area (Å²) < 4.78 is 36.6. The molecule has 0 radical (unpaired) electrons. The minimum absolute atomic E-state index is 0.173. The Labute approximate surface area is 173 Å². The van der Waals surface area contributed by atoms with Crippen molar-refractivity contribution >= 4 is 44.8 Å². The number of anilines is 1. The molecule has 0 aliphatic carbocycles. The van der Waals surface area contributed by atoms with Crippen molar-refractivity contribution < 1.29 is 22.7 Å². The summed E-state index contributed by atoms with van der Waals surface area (Å²) in [6.07, 6.45) is 0.633. The third-order valence-corrected chi connectivity index (χ3v) is 5.85. The number of carbonyl (C=O) groups excluding carboxylic acids is 1. The molecule has 3 rings (SSSR count).